The third-order valence-corrected chi connectivity index (χ3v) is 7.94. The lowest BCUT2D eigenvalue weighted by Crippen LogP contribution is -2.47. The number of hydrogen-bond donors (Lipinski definition) is 1. The number of nitrogens with one attached hydrogen (secondary N) is 1. The first-order valence-electron chi connectivity index (χ1n) is 14.5. The summed E-state index contributed by atoms with van der Waals surface area (Å²) in [7, 11) is 0. The van der Waals surface area contributed by atoms with Gasteiger partial charge in [0.2, 0.25) is 0 Å². The van der Waals surface area contributed by atoms with Crippen molar-refractivity contribution in [3.63, 3.8) is 0 Å². The van der Waals surface area contributed by atoms with Crippen LogP contribution in [0.1, 0.15) is 54.9 Å². The Morgan fingerprint density at radius 1 is 1.00 bits per heavy atom. The zero-order chi connectivity index (χ0) is 29.1. The molecule has 1 aliphatic heterocycles. The van der Waals surface area contributed by atoms with E-state index in [9.17, 15) is 9.59 Å². The average Bonchev–Trinajstić information content (AvgIpc) is 3.47. The lowest BCUT2D eigenvalue weighted by molar-refractivity contribution is 0.0733. The van der Waals surface area contributed by atoms with Crippen LogP contribution in [0.2, 0.25) is 5.02 Å². The van der Waals surface area contributed by atoms with Crippen LogP contribution in [0.3, 0.4) is 0 Å². The summed E-state index contributed by atoms with van der Waals surface area (Å²) in [4.78, 5) is 30.7. The summed E-state index contributed by atoms with van der Waals surface area (Å²) in [5.41, 5.74) is 6.16. The zero-order valence-electron chi connectivity index (χ0n) is 24.3. The van der Waals surface area contributed by atoms with E-state index in [2.05, 4.69) is 51.2 Å². The molecule has 0 radical (unpaired) electrons. The van der Waals surface area contributed by atoms with E-state index in [0.29, 0.717) is 35.8 Å². The second-order valence-electron chi connectivity index (χ2n) is 11.0. The molecular weight excluding hydrogens is 534 g/mol. The summed E-state index contributed by atoms with van der Waals surface area (Å²) in [5.74, 6) is 0.190. The van der Waals surface area contributed by atoms with E-state index in [1.165, 1.54) is 0 Å². The molecule has 1 N–H and O–H groups in total. The van der Waals surface area contributed by atoms with Crippen molar-refractivity contribution in [1.29, 1.82) is 0 Å². The Hall–Kier alpha value is -3.68. The Bertz CT molecular complexity index is 1570. The molecule has 2 aromatic heterocycles. The molecule has 1 saturated heterocycles. The van der Waals surface area contributed by atoms with Crippen LogP contribution in [0.15, 0.2) is 65.6 Å². The van der Waals surface area contributed by atoms with Crippen molar-refractivity contribution in [1.82, 2.24) is 24.6 Å². The maximum absolute atomic E-state index is 14.6. The Morgan fingerprint density at radius 3 is 2.27 bits per heavy atom. The van der Waals surface area contributed by atoms with Gasteiger partial charge in [-0.2, -0.15) is 5.10 Å². The molecule has 1 fully saturated rings. The largest absolute Gasteiger partial charge is 0.336 e. The fraction of sp³-hybridized carbons (Fsp3) is 0.364. The van der Waals surface area contributed by atoms with E-state index in [0.717, 1.165) is 59.7 Å². The normalized spacial score (nSPS) is 13.7. The van der Waals surface area contributed by atoms with Gasteiger partial charge in [-0.15, -0.1) is 0 Å². The number of para-hydroxylation sites is 1. The Kier molecular flexibility index (Phi) is 8.76. The Balaban J connectivity index is 1.80. The highest BCUT2D eigenvalue weighted by Crippen LogP contribution is 2.28. The zero-order valence-corrected chi connectivity index (χ0v) is 25.0. The molecule has 8 heteroatoms. The fourth-order valence-corrected chi connectivity index (χ4v) is 5.71. The summed E-state index contributed by atoms with van der Waals surface area (Å²) < 4.78 is 3.43. The van der Waals surface area contributed by atoms with Gasteiger partial charge in [0.15, 0.2) is 0 Å². The van der Waals surface area contributed by atoms with E-state index >= 15 is 0 Å². The lowest BCUT2D eigenvalue weighted by Gasteiger charge is -2.30. The van der Waals surface area contributed by atoms with Gasteiger partial charge < -0.3 is 10.2 Å². The number of carbonyl (C=O) groups is 1. The second kappa shape index (κ2) is 12.5. The van der Waals surface area contributed by atoms with Gasteiger partial charge in [-0.05, 0) is 60.6 Å². The van der Waals surface area contributed by atoms with Crippen molar-refractivity contribution in [2.45, 2.75) is 47.0 Å². The number of hydrogen-bond acceptors (Lipinski definition) is 4. The molecule has 5 rings (SSSR count). The van der Waals surface area contributed by atoms with Crippen LogP contribution in [-0.4, -0.2) is 51.3 Å². The predicted molar refractivity (Wildman–Crippen MR) is 166 cm³/mol. The topological polar surface area (TPSA) is 72.2 Å². The first-order chi connectivity index (χ1) is 19.8. The van der Waals surface area contributed by atoms with E-state index in [1.54, 1.807) is 16.9 Å². The molecule has 1 aliphatic rings. The molecule has 0 spiro atoms. The summed E-state index contributed by atoms with van der Waals surface area (Å²) in [6.45, 7) is 11.2. The monoisotopic (exact) mass is 571 g/mol. The number of carbonyl (C=O) groups excluding carboxylic acids is 1. The smallest absolute Gasteiger partial charge is 0.281 e. The average molecular weight is 572 g/mol. The number of nitrogens with zero attached hydrogens (tertiary/aromatic N) is 4. The second-order valence-corrected chi connectivity index (χ2v) is 11.4. The maximum atomic E-state index is 14.6. The molecule has 0 saturated carbocycles. The highest BCUT2D eigenvalue weighted by Gasteiger charge is 2.28. The van der Waals surface area contributed by atoms with Crippen LogP contribution in [0.5, 0.6) is 0 Å². The minimum absolute atomic E-state index is 0.0470. The number of piperazine rings is 1. The molecule has 0 bridgehead atoms. The number of amides is 1. The molecule has 214 valence electrons. The number of halogens is 1. The van der Waals surface area contributed by atoms with Gasteiger partial charge in [0.1, 0.15) is 5.69 Å². The van der Waals surface area contributed by atoms with Gasteiger partial charge in [-0.1, -0.05) is 69.6 Å². The summed E-state index contributed by atoms with van der Waals surface area (Å²) in [6, 6.07) is 17.3. The van der Waals surface area contributed by atoms with Gasteiger partial charge >= 0.3 is 0 Å². The van der Waals surface area contributed by atoms with Gasteiger partial charge in [-0.25, -0.2) is 4.68 Å². The van der Waals surface area contributed by atoms with Gasteiger partial charge in [0.25, 0.3) is 11.5 Å². The standard InChI is InChI=1S/C33H38ClN5O2/c1-5-23-8-7-9-24(6-2)31(23)39-29(20-22(3)4)27(32(40)37-18-15-35-16-19-37)21-30(33(39)41)38-17-14-28(36-38)25-10-12-26(34)13-11-25/h7-14,17,21-22,35H,5-6,15-16,18-20H2,1-4H3. The third kappa shape index (κ3) is 5.88. The van der Waals surface area contributed by atoms with Crippen molar-refractivity contribution < 1.29 is 4.79 Å². The Labute approximate surface area is 246 Å². The maximum Gasteiger partial charge on any atom is 0.281 e. The quantitative estimate of drug-likeness (QED) is 0.294. The molecule has 41 heavy (non-hydrogen) atoms. The summed E-state index contributed by atoms with van der Waals surface area (Å²) in [5, 5.41) is 8.77. The number of benzene rings is 2. The molecule has 1 amide bonds. The fourth-order valence-electron chi connectivity index (χ4n) is 5.59. The SMILES string of the molecule is CCc1cccc(CC)c1-n1c(CC(C)C)c(C(=O)N2CCNCC2)cc(-n2ccc(-c3ccc(Cl)cc3)n2)c1=O. The highest BCUT2D eigenvalue weighted by atomic mass is 35.5. The van der Waals surface area contributed by atoms with Crippen molar-refractivity contribution in [2.24, 2.45) is 5.92 Å². The molecule has 0 unspecified atom stereocenters. The van der Waals surface area contributed by atoms with Crippen LogP contribution in [0, 0.1) is 5.92 Å². The van der Waals surface area contributed by atoms with Crippen molar-refractivity contribution in [2.75, 3.05) is 26.2 Å². The lowest BCUT2D eigenvalue weighted by atomic mass is 9.97. The highest BCUT2D eigenvalue weighted by molar-refractivity contribution is 6.30. The van der Waals surface area contributed by atoms with Crippen LogP contribution in [-0.2, 0) is 19.3 Å². The van der Waals surface area contributed by atoms with Crippen molar-refractivity contribution >= 4 is 17.5 Å². The first kappa shape index (κ1) is 28.8. The van der Waals surface area contributed by atoms with Gasteiger partial charge in [-0.3, -0.25) is 14.2 Å². The van der Waals surface area contributed by atoms with E-state index in [-0.39, 0.29) is 17.4 Å². The molecule has 0 atom stereocenters. The number of pyridine rings is 1. The van der Waals surface area contributed by atoms with Crippen LogP contribution < -0.4 is 10.9 Å². The van der Waals surface area contributed by atoms with Crippen LogP contribution >= 0.6 is 11.6 Å². The minimum Gasteiger partial charge on any atom is -0.336 e. The van der Waals surface area contributed by atoms with E-state index in [4.69, 9.17) is 16.7 Å². The number of aromatic nitrogens is 3. The number of aryl methyl sites for hydroxylation is 2. The van der Waals surface area contributed by atoms with E-state index in [1.807, 2.05) is 39.8 Å². The van der Waals surface area contributed by atoms with Gasteiger partial charge in [0, 0.05) is 48.7 Å². The molecule has 4 aromatic rings. The van der Waals surface area contributed by atoms with Gasteiger partial charge in [0.05, 0.1) is 16.9 Å². The molecule has 3 heterocycles. The first-order valence-corrected chi connectivity index (χ1v) is 14.9. The molecule has 7 nitrogen and oxygen atoms in total. The van der Waals surface area contributed by atoms with Crippen molar-refractivity contribution in [3.05, 3.63) is 98.6 Å². The van der Waals surface area contributed by atoms with Crippen LogP contribution in [0.25, 0.3) is 22.6 Å². The summed E-state index contributed by atoms with van der Waals surface area (Å²) >= 11 is 6.10. The van der Waals surface area contributed by atoms with Crippen LogP contribution in [0.4, 0.5) is 0 Å². The summed E-state index contributed by atoms with van der Waals surface area (Å²) in [6.07, 6.45) is 3.92. The minimum atomic E-state index is -0.182. The molecular formula is C33H38ClN5O2. The van der Waals surface area contributed by atoms with Crippen molar-refractivity contribution in [3.8, 4) is 22.6 Å². The third-order valence-electron chi connectivity index (χ3n) is 7.68. The van der Waals surface area contributed by atoms with E-state index < -0.39 is 0 Å². The molecule has 0 aliphatic carbocycles. The Morgan fingerprint density at radius 2 is 1.66 bits per heavy atom. The molecule has 2 aromatic carbocycles. The predicted octanol–water partition coefficient (Wildman–Crippen LogP) is 5.71. The number of rotatable bonds is 8.